The summed E-state index contributed by atoms with van der Waals surface area (Å²) >= 11 is 0. The standard InChI is InChI=1S/C14H22N4O2/c1-9-5-15-13(12(4)14(9)18(19)20)8-17-6-10(2)16-11(3)7-17/h5,10-11,16H,6-8H2,1-4H3. The van der Waals surface area contributed by atoms with Crippen LogP contribution in [0, 0.1) is 24.0 Å². The largest absolute Gasteiger partial charge is 0.309 e. The van der Waals surface area contributed by atoms with E-state index in [1.807, 2.05) is 0 Å². The average molecular weight is 278 g/mol. The Kier molecular flexibility index (Phi) is 4.35. The maximum atomic E-state index is 11.1. The van der Waals surface area contributed by atoms with Crippen LogP contribution in [0.4, 0.5) is 5.69 Å². The lowest BCUT2D eigenvalue weighted by atomic mass is 10.1. The van der Waals surface area contributed by atoms with Gasteiger partial charge in [-0.3, -0.25) is 20.0 Å². The van der Waals surface area contributed by atoms with Crippen molar-refractivity contribution in [3.8, 4) is 0 Å². The quantitative estimate of drug-likeness (QED) is 0.674. The highest BCUT2D eigenvalue weighted by atomic mass is 16.6. The molecule has 20 heavy (non-hydrogen) atoms. The minimum absolute atomic E-state index is 0.200. The summed E-state index contributed by atoms with van der Waals surface area (Å²) in [5.41, 5.74) is 2.32. The second-order valence-electron chi connectivity index (χ2n) is 5.78. The van der Waals surface area contributed by atoms with Crippen molar-refractivity contribution in [1.29, 1.82) is 0 Å². The normalized spacial score (nSPS) is 23.8. The van der Waals surface area contributed by atoms with Crippen molar-refractivity contribution < 1.29 is 4.92 Å². The Morgan fingerprint density at radius 3 is 2.55 bits per heavy atom. The minimum atomic E-state index is -0.307. The molecule has 2 rings (SSSR count). The summed E-state index contributed by atoms with van der Waals surface area (Å²) in [6.07, 6.45) is 1.61. The van der Waals surface area contributed by atoms with Crippen LogP contribution in [0.3, 0.4) is 0 Å². The van der Waals surface area contributed by atoms with Gasteiger partial charge in [0, 0.05) is 49.0 Å². The first kappa shape index (κ1) is 14.9. The molecule has 1 aliphatic heterocycles. The second kappa shape index (κ2) is 5.85. The van der Waals surface area contributed by atoms with E-state index in [-0.39, 0.29) is 10.6 Å². The van der Waals surface area contributed by atoms with Crippen molar-refractivity contribution in [1.82, 2.24) is 15.2 Å². The maximum Gasteiger partial charge on any atom is 0.278 e. The van der Waals surface area contributed by atoms with Gasteiger partial charge in [0.15, 0.2) is 0 Å². The van der Waals surface area contributed by atoms with Crippen molar-refractivity contribution in [2.45, 2.75) is 46.3 Å². The van der Waals surface area contributed by atoms with E-state index in [1.165, 1.54) is 0 Å². The van der Waals surface area contributed by atoms with E-state index >= 15 is 0 Å². The third kappa shape index (κ3) is 3.13. The molecular weight excluding hydrogens is 256 g/mol. The van der Waals surface area contributed by atoms with Crippen LogP contribution in [0.1, 0.15) is 30.7 Å². The molecular formula is C14H22N4O2. The van der Waals surface area contributed by atoms with Gasteiger partial charge in [0.05, 0.1) is 10.6 Å². The summed E-state index contributed by atoms with van der Waals surface area (Å²) in [5.74, 6) is 0. The van der Waals surface area contributed by atoms with E-state index in [1.54, 1.807) is 20.0 Å². The van der Waals surface area contributed by atoms with Crippen molar-refractivity contribution in [3.63, 3.8) is 0 Å². The molecule has 1 saturated heterocycles. The second-order valence-corrected chi connectivity index (χ2v) is 5.78. The van der Waals surface area contributed by atoms with Crippen molar-refractivity contribution >= 4 is 5.69 Å². The zero-order valence-corrected chi connectivity index (χ0v) is 12.5. The van der Waals surface area contributed by atoms with Gasteiger partial charge in [-0.15, -0.1) is 0 Å². The number of nitro groups is 1. The number of piperazine rings is 1. The zero-order valence-electron chi connectivity index (χ0n) is 12.5. The number of rotatable bonds is 3. The fourth-order valence-corrected chi connectivity index (χ4v) is 2.99. The number of hydrogen-bond acceptors (Lipinski definition) is 5. The van der Waals surface area contributed by atoms with Crippen LogP contribution < -0.4 is 5.32 Å². The number of pyridine rings is 1. The summed E-state index contributed by atoms with van der Waals surface area (Å²) < 4.78 is 0. The predicted octanol–water partition coefficient (Wildman–Crippen LogP) is 1.79. The fraction of sp³-hybridized carbons (Fsp3) is 0.643. The van der Waals surface area contributed by atoms with Gasteiger partial charge >= 0.3 is 0 Å². The molecule has 2 unspecified atom stereocenters. The topological polar surface area (TPSA) is 71.3 Å². The van der Waals surface area contributed by atoms with Crippen molar-refractivity contribution in [2.75, 3.05) is 13.1 Å². The lowest BCUT2D eigenvalue weighted by Crippen LogP contribution is -2.53. The number of nitrogens with one attached hydrogen (secondary N) is 1. The van der Waals surface area contributed by atoms with Crippen LogP contribution in [0.25, 0.3) is 0 Å². The summed E-state index contributed by atoms with van der Waals surface area (Å²) in [4.78, 5) is 17.5. The predicted molar refractivity (Wildman–Crippen MR) is 77.7 cm³/mol. The summed E-state index contributed by atoms with van der Waals surface area (Å²) in [6.45, 7) is 10.4. The Hall–Kier alpha value is -1.53. The molecule has 0 radical (unpaired) electrons. The fourth-order valence-electron chi connectivity index (χ4n) is 2.99. The molecule has 0 bridgehead atoms. The van der Waals surface area contributed by atoms with Crippen molar-refractivity contribution in [2.24, 2.45) is 0 Å². The Balaban J connectivity index is 2.21. The Morgan fingerprint density at radius 2 is 2.00 bits per heavy atom. The molecule has 0 saturated carbocycles. The van der Waals surface area contributed by atoms with E-state index in [4.69, 9.17) is 0 Å². The Labute approximate surface area is 119 Å². The minimum Gasteiger partial charge on any atom is -0.309 e. The molecule has 1 aliphatic rings. The van der Waals surface area contributed by atoms with Gasteiger partial charge in [-0.05, 0) is 27.7 Å². The zero-order chi connectivity index (χ0) is 14.9. The molecule has 0 spiro atoms. The highest BCUT2D eigenvalue weighted by Crippen LogP contribution is 2.25. The molecule has 2 atom stereocenters. The van der Waals surface area contributed by atoms with Gasteiger partial charge in [0.2, 0.25) is 0 Å². The molecule has 0 aliphatic carbocycles. The van der Waals surface area contributed by atoms with E-state index < -0.39 is 0 Å². The highest BCUT2D eigenvalue weighted by Gasteiger charge is 2.24. The lowest BCUT2D eigenvalue weighted by molar-refractivity contribution is -0.386. The smallest absolute Gasteiger partial charge is 0.278 e. The molecule has 1 N–H and O–H groups in total. The first-order chi connectivity index (χ1) is 9.38. The third-order valence-corrected chi connectivity index (χ3v) is 3.76. The van der Waals surface area contributed by atoms with Crippen LogP contribution in [0.2, 0.25) is 0 Å². The molecule has 6 heteroatoms. The van der Waals surface area contributed by atoms with Crippen LogP contribution >= 0.6 is 0 Å². The number of hydrogen-bond donors (Lipinski definition) is 1. The summed E-state index contributed by atoms with van der Waals surface area (Å²) in [6, 6.07) is 0.860. The maximum absolute atomic E-state index is 11.1. The number of nitrogens with zero attached hydrogens (tertiary/aromatic N) is 3. The van der Waals surface area contributed by atoms with Gasteiger partial charge in [0.1, 0.15) is 0 Å². The number of aromatic nitrogens is 1. The highest BCUT2D eigenvalue weighted by molar-refractivity contribution is 5.47. The summed E-state index contributed by atoms with van der Waals surface area (Å²) in [5, 5.41) is 14.6. The molecule has 110 valence electrons. The van der Waals surface area contributed by atoms with E-state index in [0.717, 1.165) is 18.8 Å². The molecule has 0 aromatic carbocycles. The third-order valence-electron chi connectivity index (χ3n) is 3.76. The van der Waals surface area contributed by atoms with Crippen LogP contribution in [-0.2, 0) is 6.54 Å². The molecule has 0 amide bonds. The van der Waals surface area contributed by atoms with E-state index in [9.17, 15) is 10.1 Å². The van der Waals surface area contributed by atoms with Crippen molar-refractivity contribution in [3.05, 3.63) is 33.1 Å². The molecule has 6 nitrogen and oxygen atoms in total. The van der Waals surface area contributed by atoms with E-state index in [0.29, 0.717) is 29.8 Å². The first-order valence-electron chi connectivity index (χ1n) is 6.96. The number of aryl methyl sites for hydroxylation is 1. The summed E-state index contributed by atoms with van der Waals surface area (Å²) in [7, 11) is 0. The molecule has 1 fully saturated rings. The molecule has 1 aromatic rings. The van der Waals surface area contributed by atoms with Crippen LogP contribution in [0.5, 0.6) is 0 Å². The monoisotopic (exact) mass is 278 g/mol. The van der Waals surface area contributed by atoms with Crippen LogP contribution in [0.15, 0.2) is 6.20 Å². The van der Waals surface area contributed by atoms with Gasteiger partial charge in [-0.1, -0.05) is 0 Å². The lowest BCUT2D eigenvalue weighted by Gasteiger charge is -2.36. The van der Waals surface area contributed by atoms with Gasteiger partial charge in [-0.2, -0.15) is 0 Å². The van der Waals surface area contributed by atoms with Crippen LogP contribution in [-0.4, -0.2) is 40.0 Å². The van der Waals surface area contributed by atoms with Gasteiger partial charge in [0.25, 0.3) is 5.69 Å². The molecule has 1 aromatic heterocycles. The SMILES string of the molecule is Cc1cnc(CN2CC(C)NC(C)C2)c(C)c1[N+](=O)[O-]. The molecule has 2 heterocycles. The van der Waals surface area contributed by atoms with Gasteiger partial charge < -0.3 is 5.32 Å². The van der Waals surface area contributed by atoms with Gasteiger partial charge in [-0.25, -0.2) is 0 Å². The first-order valence-corrected chi connectivity index (χ1v) is 6.96. The Morgan fingerprint density at radius 1 is 1.40 bits per heavy atom. The average Bonchev–Trinajstić information content (AvgIpc) is 2.31. The Bertz CT molecular complexity index is 508. The van der Waals surface area contributed by atoms with E-state index in [2.05, 4.69) is 29.0 Å².